The molecule has 2 aromatic carbocycles. The van der Waals surface area contributed by atoms with Gasteiger partial charge in [-0.1, -0.05) is 48.5 Å². The number of H-pyrrole nitrogens is 1. The van der Waals surface area contributed by atoms with E-state index < -0.39 is 0 Å². The lowest BCUT2D eigenvalue weighted by Crippen LogP contribution is -2.39. The van der Waals surface area contributed by atoms with Crippen LogP contribution in [0.2, 0.25) is 0 Å². The molecule has 7 nitrogen and oxygen atoms in total. The molecule has 1 atom stereocenters. The van der Waals surface area contributed by atoms with E-state index in [1.807, 2.05) is 12.1 Å². The normalized spacial score (nSPS) is 12.7. The predicted octanol–water partition coefficient (Wildman–Crippen LogP) is 3.05. The number of aliphatic imine (C=N–C) groups is 1. The maximum absolute atomic E-state index is 4.34. The molecule has 0 spiro atoms. The molecular weight excluding hydrogens is 374 g/mol. The van der Waals surface area contributed by atoms with Gasteiger partial charge in [-0.3, -0.25) is 15.0 Å². The van der Waals surface area contributed by atoms with Crippen LogP contribution in [0.5, 0.6) is 0 Å². The molecule has 0 radical (unpaired) electrons. The van der Waals surface area contributed by atoms with E-state index in [0.29, 0.717) is 12.6 Å². The molecular formula is C23H31N7. The SMILES string of the molecule is CN=C(NCCC(C)N(C)Cc1ccccc1)NCc1cccc(-c2ncn[nH]2)c1. The molecule has 0 amide bonds. The van der Waals surface area contributed by atoms with Gasteiger partial charge in [0, 0.05) is 38.3 Å². The highest BCUT2D eigenvalue weighted by Gasteiger charge is 2.10. The molecule has 0 aliphatic carbocycles. The maximum atomic E-state index is 4.34. The van der Waals surface area contributed by atoms with Crippen molar-refractivity contribution in [3.05, 3.63) is 72.1 Å². The minimum Gasteiger partial charge on any atom is -0.356 e. The van der Waals surface area contributed by atoms with Crippen LogP contribution in [0.4, 0.5) is 0 Å². The number of guanidine groups is 1. The van der Waals surface area contributed by atoms with Gasteiger partial charge in [-0.05, 0) is 37.6 Å². The summed E-state index contributed by atoms with van der Waals surface area (Å²) in [5, 5.41) is 13.6. The van der Waals surface area contributed by atoms with Crippen molar-refractivity contribution >= 4 is 5.96 Å². The second-order valence-corrected chi connectivity index (χ2v) is 7.43. The van der Waals surface area contributed by atoms with Crippen molar-refractivity contribution in [2.45, 2.75) is 32.5 Å². The van der Waals surface area contributed by atoms with Gasteiger partial charge >= 0.3 is 0 Å². The Bertz CT molecular complexity index is 906. The number of benzene rings is 2. The Balaban J connectivity index is 1.42. The Morgan fingerprint density at radius 3 is 2.63 bits per heavy atom. The summed E-state index contributed by atoms with van der Waals surface area (Å²) in [5.74, 6) is 1.57. The molecule has 0 saturated heterocycles. The van der Waals surface area contributed by atoms with Crippen molar-refractivity contribution < 1.29 is 0 Å². The van der Waals surface area contributed by atoms with Crippen LogP contribution < -0.4 is 10.6 Å². The number of rotatable bonds is 9. The van der Waals surface area contributed by atoms with Crippen molar-refractivity contribution in [3.8, 4) is 11.4 Å². The van der Waals surface area contributed by atoms with E-state index in [4.69, 9.17) is 0 Å². The number of aromatic amines is 1. The van der Waals surface area contributed by atoms with Crippen LogP contribution in [0.25, 0.3) is 11.4 Å². The predicted molar refractivity (Wildman–Crippen MR) is 122 cm³/mol. The first-order valence-electron chi connectivity index (χ1n) is 10.3. The van der Waals surface area contributed by atoms with E-state index in [2.05, 4.69) is 92.1 Å². The van der Waals surface area contributed by atoms with Crippen LogP contribution in [-0.4, -0.2) is 52.7 Å². The lowest BCUT2D eigenvalue weighted by Gasteiger charge is -2.25. The number of hydrogen-bond donors (Lipinski definition) is 3. The van der Waals surface area contributed by atoms with E-state index in [1.165, 1.54) is 11.9 Å². The maximum Gasteiger partial charge on any atom is 0.191 e. The molecule has 3 N–H and O–H groups in total. The zero-order chi connectivity index (χ0) is 21.2. The van der Waals surface area contributed by atoms with Crippen molar-refractivity contribution in [3.63, 3.8) is 0 Å². The molecule has 0 saturated carbocycles. The Morgan fingerprint density at radius 2 is 1.90 bits per heavy atom. The van der Waals surface area contributed by atoms with Crippen LogP contribution in [0.3, 0.4) is 0 Å². The molecule has 3 aromatic rings. The first kappa shape index (κ1) is 21.5. The van der Waals surface area contributed by atoms with Crippen LogP contribution >= 0.6 is 0 Å². The Labute approximate surface area is 178 Å². The fraction of sp³-hybridized carbons (Fsp3) is 0.348. The summed E-state index contributed by atoms with van der Waals surface area (Å²) in [6.07, 6.45) is 2.55. The fourth-order valence-corrected chi connectivity index (χ4v) is 3.23. The third-order valence-electron chi connectivity index (χ3n) is 5.18. The van der Waals surface area contributed by atoms with E-state index >= 15 is 0 Å². The first-order chi connectivity index (χ1) is 14.7. The summed E-state index contributed by atoms with van der Waals surface area (Å²) in [7, 11) is 3.97. The fourth-order valence-electron chi connectivity index (χ4n) is 3.23. The molecule has 1 aromatic heterocycles. The molecule has 0 aliphatic rings. The van der Waals surface area contributed by atoms with Gasteiger partial charge in [-0.25, -0.2) is 4.98 Å². The summed E-state index contributed by atoms with van der Waals surface area (Å²) in [4.78, 5) is 10.9. The minimum absolute atomic E-state index is 0.467. The monoisotopic (exact) mass is 405 g/mol. The van der Waals surface area contributed by atoms with Crippen LogP contribution in [0.1, 0.15) is 24.5 Å². The van der Waals surface area contributed by atoms with Crippen molar-refractivity contribution in [2.75, 3.05) is 20.6 Å². The lowest BCUT2D eigenvalue weighted by molar-refractivity contribution is 0.238. The highest BCUT2D eigenvalue weighted by molar-refractivity contribution is 5.79. The van der Waals surface area contributed by atoms with Crippen LogP contribution in [-0.2, 0) is 13.1 Å². The highest BCUT2D eigenvalue weighted by Crippen LogP contribution is 2.15. The number of nitrogens with zero attached hydrogens (tertiary/aromatic N) is 4. The zero-order valence-electron chi connectivity index (χ0n) is 18.0. The molecule has 30 heavy (non-hydrogen) atoms. The van der Waals surface area contributed by atoms with E-state index in [0.717, 1.165) is 42.4 Å². The summed E-state index contributed by atoms with van der Waals surface area (Å²) in [6.45, 7) is 4.76. The largest absolute Gasteiger partial charge is 0.356 e. The first-order valence-corrected chi connectivity index (χ1v) is 10.3. The summed E-state index contributed by atoms with van der Waals surface area (Å²) in [6, 6.07) is 19.3. The lowest BCUT2D eigenvalue weighted by atomic mass is 10.1. The third kappa shape index (κ3) is 6.42. The molecule has 158 valence electrons. The molecule has 3 rings (SSSR count). The zero-order valence-corrected chi connectivity index (χ0v) is 18.0. The number of nitrogens with one attached hydrogen (secondary N) is 3. The average molecular weight is 406 g/mol. The number of hydrogen-bond acceptors (Lipinski definition) is 4. The van der Waals surface area contributed by atoms with Gasteiger partial charge in [0.1, 0.15) is 6.33 Å². The molecule has 1 unspecified atom stereocenters. The van der Waals surface area contributed by atoms with Gasteiger partial charge in [0.05, 0.1) is 0 Å². The average Bonchev–Trinajstić information content (AvgIpc) is 3.32. The second kappa shape index (κ2) is 11.1. The molecule has 1 heterocycles. The van der Waals surface area contributed by atoms with Gasteiger partial charge in [0.25, 0.3) is 0 Å². The third-order valence-corrected chi connectivity index (χ3v) is 5.18. The van der Waals surface area contributed by atoms with E-state index in [9.17, 15) is 0 Å². The van der Waals surface area contributed by atoms with E-state index in [1.54, 1.807) is 7.05 Å². The van der Waals surface area contributed by atoms with Gasteiger partial charge in [-0.15, -0.1) is 0 Å². The van der Waals surface area contributed by atoms with Crippen LogP contribution in [0.15, 0.2) is 65.9 Å². The quantitative estimate of drug-likeness (QED) is 0.377. The van der Waals surface area contributed by atoms with Crippen molar-refractivity contribution in [1.29, 1.82) is 0 Å². The Kier molecular flexibility index (Phi) is 7.97. The topological polar surface area (TPSA) is 81.2 Å². The van der Waals surface area contributed by atoms with Gasteiger partial charge in [0.2, 0.25) is 0 Å². The molecule has 0 aliphatic heterocycles. The molecule has 0 fully saturated rings. The van der Waals surface area contributed by atoms with Gasteiger partial charge in [0.15, 0.2) is 11.8 Å². The second-order valence-electron chi connectivity index (χ2n) is 7.43. The summed E-state index contributed by atoms with van der Waals surface area (Å²) >= 11 is 0. The molecule has 7 heteroatoms. The van der Waals surface area contributed by atoms with Gasteiger partial charge < -0.3 is 10.6 Å². The van der Waals surface area contributed by atoms with Crippen molar-refractivity contribution in [1.82, 2.24) is 30.7 Å². The van der Waals surface area contributed by atoms with Crippen molar-refractivity contribution in [2.24, 2.45) is 4.99 Å². The Morgan fingerprint density at radius 1 is 1.10 bits per heavy atom. The minimum atomic E-state index is 0.467. The Hall–Kier alpha value is -3.19. The number of aromatic nitrogens is 3. The molecule has 0 bridgehead atoms. The summed E-state index contributed by atoms with van der Waals surface area (Å²) in [5.41, 5.74) is 3.51. The van der Waals surface area contributed by atoms with Crippen LogP contribution in [0, 0.1) is 0 Å². The van der Waals surface area contributed by atoms with E-state index in [-0.39, 0.29) is 0 Å². The van der Waals surface area contributed by atoms with Gasteiger partial charge in [-0.2, -0.15) is 5.10 Å². The summed E-state index contributed by atoms with van der Waals surface area (Å²) < 4.78 is 0. The smallest absolute Gasteiger partial charge is 0.191 e. The standard InChI is InChI=1S/C23H31N7/c1-18(30(3)16-19-8-5-4-6-9-19)12-13-25-23(24-2)26-15-20-10-7-11-21(14-20)22-27-17-28-29-22/h4-11,14,17-18H,12-13,15-16H2,1-3H3,(H2,24,25,26)(H,27,28,29). The highest BCUT2D eigenvalue weighted by atomic mass is 15.2.